The Morgan fingerprint density at radius 3 is 3.16 bits per heavy atom. The average Bonchev–Trinajstić information content (AvgIpc) is 2.66. The number of nitrogens with one attached hydrogen (secondary N) is 1. The summed E-state index contributed by atoms with van der Waals surface area (Å²) in [4.78, 5) is 18.4. The Kier molecular flexibility index (Phi) is 5.33. The topological polar surface area (TPSA) is 45.2 Å². The highest BCUT2D eigenvalue weighted by Crippen LogP contribution is 2.11. The highest BCUT2D eigenvalue weighted by molar-refractivity contribution is 5.76. The highest BCUT2D eigenvalue weighted by Gasteiger charge is 2.21. The quantitative estimate of drug-likeness (QED) is 0.893. The molecule has 1 aromatic rings. The van der Waals surface area contributed by atoms with Gasteiger partial charge in [0.15, 0.2) is 0 Å². The van der Waals surface area contributed by atoms with Crippen LogP contribution in [0, 0.1) is 5.92 Å². The predicted molar refractivity (Wildman–Crippen MR) is 75.8 cm³/mol. The molecule has 0 aliphatic carbocycles. The zero-order chi connectivity index (χ0) is 13.5. The van der Waals surface area contributed by atoms with Gasteiger partial charge < -0.3 is 10.2 Å². The Morgan fingerprint density at radius 1 is 1.53 bits per heavy atom. The summed E-state index contributed by atoms with van der Waals surface area (Å²) in [6.07, 6.45) is 4.35. The van der Waals surface area contributed by atoms with Crippen LogP contribution in [-0.2, 0) is 11.2 Å². The molecule has 0 saturated carbocycles. The van der Waals surface area contributed by atoms with Crippen LogP contribution in [0.5, 0.6) is 0 Å². The van der Waals surface area contributed by atoms with Gasteiger partial charge in [-0.15, -0.1) is 0 Å². The fraction of sp³-hybridized carbons (Fsp3) is 0.600. The van der Waals surface area contributed by atoms with Crippen molar-refractivity contribution in [3.05, 3.63) is 30.1 Å². The second kappa shape index (κ2) is 7.24. The van der Waals surface area contributed by atoms with Gasteiger partial charge in [0.1, 0.15) is 0 Å². The van der Waals surface area contributed by atoms with Crippen molar-refractivity contribution in [2.45, 2.75) is 26.2 Å². The molecule has 4 heteroatoms. The van der Waals surface area contributed by atoms with Crippen molar-refractivity contribution in [1.29, 1.82) is 0 Å². The standard InChI is InChI=1S/C15H23N3O/c1-2-5-15(19)18-9-8-16-11-13(12-18)10-14-6-3-4-7-17-14/h3-4,6-7,13,16H,2,5,8-12H2,1H3. The maximum Gasteiger partial charge on any atom is 0.222 e. The van der Waals surface area contributed by atoms with E-state index >= 15 is 0 Å². The van der Waals surface area contributed by atoms with Crippen LogP contribution in [0.3, 0.4) is 0 Å². The molecule has 1 aromatic heterocycles. The van der Waals surface area contributed by atoms with E-state index in [4.69, 9.17) is 0 Å². The molecule has 0 bridgehead atoms. The molecule has 1 fully saturated rings. The number of nitrogens with zero attached hydrogens (tertiary/aromatic N) is 2. The summed E-state index contributed by atoms with van der Waals surface area (Å²) in [5.74, 6) is 0.746. The first-order valence-corrected chi connectivity index (χ1v) is 7.18. The van der Waals surface area contributed by atoms with Crippen molar-refractivity contribution in [2.24, 2.45) is 5.92 Å². The molecule has 4 nitrogen and oxygen atoms in total. The van der Waals surface area contributed by atoms with Gasteiger partial charge in [-0.1, -0.05) is 13.0 Å². The smallest absolute Gasteiger partial charge is 0.222 e. The summed E-state index contributed by atoms with van der Waals surface area (Å²) in [6, 6.07) is 6.02. The number of hydrogen-bond acceptors (Lipinski definition) is 3. The minimum atomic E-state index is 0.289. The lowest BCUT2D eigenvalue weighted by Crippen LogP contribution is -2.36. The number of hydrogen-bond donors (Lipinski definition) is 1. The molecule has 1 N–H and O–H groups in total. The van der Waals surface area contributed by atoms with Crippen molar-refractivity contribution in [2.75, 3.05) is 26.2 Å². The van der Waals surface area contributed by atoms with Crippen molar-refractivity contribution < 1.29 is 4.79 Å². The molecule has 1 saturated heterocycles. The molecule has 2 heterocycles. The Bertz CT molecular complexity index is 394. The number of carbonyl (C=O) groups excluding carboxylic acids is 1. The van der Waals surface area contributed by atoms with E-state index < -0.39 is 0 Å². The van der Waals surface area contributed by atoms with Crippen molar-refractivity contribution in [3.63, 3.8) is 0 Å². The molecule has 19 heavy (non-hydrogen) atoms. The number of rotatable bonds is 4. The van der Waals surface area contributed by atoms with E-state index in [0.717, 1.165) is 44.7 Å². The van der Waals surface area contributed by atoms with Crippen molar-refractivity contribution in [3.8, 4) is 0 Å². The SMILES string of the molecule is CCCC(=O)N1CCNCC(Cc2ccccn2)C1. The summed E-state index contributed by atoms with van der Waals surface area (Å²) >= 11 is 0. The summed E-state index contributed by atoms with van der Waals surface area (Å²) < 4.78 is 0. The predicted octanol–water partition coefficient (Wildman–Crippen LogP) is 1.47. The molecular weight excluding hydrogens is 238 g/mol. The molecule has 1 aliphatic heterocycles. The van der Waals surface area contributed by atoms with E-state index in [9.17, 15) is 4.79 Å². The lowest BCUT2D eigenvalue weighted by Gasteiger charge is -2.23. The maximum atomic E-state index is 12.0. The van der Waals surface area contributed by atoms with Gasteiger partial charge in [0.05, 0.1) is 0 Å². The molecule has 0 radical (unpaired) electrons. The van der Waals surface area contributed by atoms with Crippen LogP contribution in [0.1, 0.15) is 25.5 Å². The second-order valence-electron chi connectivity index (χ2n) is 5.19. The van der Waals surface area contributed by atoms with E-state index in [2.05, 4.69) is 23.3 Å². The third-order valence-electron chi connectivity index (χ3n) is 3.51. The van der Waals surface area contributed by atoms with Gasteiger partial charge in [-0.3, -0.25) is 9.78 Å². The normalized spacial score (nSPS) is 20.1. The van der Waals surface area contributed by atoms with Gasteiger partial charge in [-0.05, 0) is 30.9 Å². The molecular formula is C15H23N3O. The van der Waals surface area contributed by atoms with Crippen LogP contribution in [-0.4, -0.2) is 42.0 Å². The summed E-state index contributed by atoms with van der Waals surface area (Å²) in [7, 11) is 0. The number of amides is 1. The van der Waals surface area contributed by atoms with Gasteiger partial charge in [0.2, 0.25) is 5.91 Å². The third kappa shape index (κ3) is 4.31. The van der Waals surface area contributed by atoms with E-state index in [-0.39, 0.29) is 5.91 Å². The zero-order valence-electron chi connectivity index (χ0n) is 11.6. The average molecular weight is 261 g/mol. The van der Waals surface area contributed by atoms with E-state index in [1.807, 2.05) is 23.2 Å². The summed E-state index contributed by atoms with van der Waals surface area (Å²) in [5.41, 5.74) is 1.11. The highest BCUT2D eigenvalue weighted by atomic mass is 16.2. The fourth-order valence-corrected chi connectivity index (χ4v) is 2.54. The molecule has 2 rings (SSSR count). The minimum Gasteiger partial charge on any atom is -0.341 e. The van der Waals surface area contributed by atoms with Gasteiger partial charge in [0, 0.05) is 44.5 Å². The first-order chi connectivity index (χ1) is 9.29. The van der Waals surface area contributed by atoms with Crippen molar-refractivity contribution >= 4 is 5.91 Å². The Morgan fingerprint density at radius 2 is 2.42 bits per heavy atom. The minimum absolute atomic E-state index is 0.289. The van der Waals surface area contributed by atoms with Gasteiger partial charge >= 0.3 is 0 Å². The van der Waals surface area contributed by atoms with Gasteiger partial charge in [-0.2, -0.15) is 0 Å². The first-order valence-electron chi connectivity index (χ1n) is 7.18. The van der Waals surface area contributed by atoms with Crippen molar-refractivity contribution in [1.82, 2.24) is 15.2 Å². The molecule has 104 valence electrons. The Hall–Kier alpha value is -1.42. The summed E-state index contributed by atoms with van der Waals surface area (Å²) in [6.45, 7) is 5.60. The second-order valence-corrected chi connectivity index (χ2v) is 5.19. The molecule has 1 aliphatic rings. The third-order valence-corrected chi connectivity index (χ3v) is 3.51. The number of pyridine rings is 1. The van der Waals surface area contributed by atoms with Crippen LogP contribution >= 0.6 is 0 Å². The molecule has 1 amide bonds. The van der Waals surface area contributed by atoms with Crippen LogP contribution in [0.2, 0.25) is 0 Å². The van der Waals surface area contributed by atoms with Crippen LogP contribution in [0.15, 0.2) is 24.4 Å². The molecule has 0 spiro atoms. The Balaban J connectivity index is 1.94. The molecule has 1 atom stereocenters. The van der Waals surface area contributed by atoms with E-state index in [1.165, 1.54) is 0 Å². The Labute approximate surface area is 115 Å². The first kappa shape index (κ1) is 14.0. The fourth-order valence-electron chi connectivity index (χ4n) is 2.54. The maximum absolute atomic E-state index is 12.0. The van der Waals surface area contributed by atoms with Crippen LogP contribution in [0.4, 0.5) is 0 Å². The zero-order valence-corrected chi connectivity index (χ0v) is 11.6. The van der Waals surface area contributed by atoms with E-state index in [1.54, 1.807) is 0 Å². The van der Waals surface area contributed by atoms with Crippen LogP contribution < -0.4 is 5.32 Å². The molecule has 1 unspecified atom stereocenters. The summed E-state index contributed by atoms with van der Waals surface area (Å²) in [5, 5.41) is 3.42. The van der Waals surface area contributed by atoms with Gasteiger partial charge in [-0.25, -0.2) is 0 Å². The number of carbonyl (C=O) groups is 1. The monoisotopic (exact) mass is 261 g/mol. The number of aromatic nitrogens is 1. The molecule has 0 aromatic carbocycles. The van der Waals surface area contributed by atoms with E-state index in [0.29, 0.717) is 12.3 Å². The lowest BCUT2D eigenvalue weighted by molar-refractivity contribution is -0.131. The van der Waals surface area contributed by atoms with Gasteiger partial charge in [0.25, 0.3) is 0 Å². The lowest BCUT2D eigenvalue weighted by atomic mass is 10.0. The van der Waals surface area contributed by atoms with Crippen LogP contribution in [0.25, 0.3) is 0 Å². The largest absolute Gasteiger partial charge is 0.341 e.